The van der Waals surface area contributed by atoms with Crippen molar-refractivity contribution in [3.63, 3.8) is 0 Å². The summed E-state index contributed by atoms with van der Waals surface area (Å²) in [6.45, 7) is 11.9. The van der Waals surface area contributed by atoms with Crippen molar-refractivity contribution in [2.24, 2.45) is 11.8 Å². The smallest absolute Gasteiger partial charge is 0.246 e. The summed E-state index contributed by atoms with van der Waals surface area (Å²) in [4.78, 5) is 28.8. The van der Waals surface area contributed by atoms with Gasteiger partial charge in [-0.15, -0.1) is 0 Å². The molecule has 0 spiro atoms. The number of carbonyl (C=O) groups excluding carboxylic acids is 2. The molecule has 2 saturated heterocycles. The average Bonchev–Trinajstić information content (AvgIpc) is 2.86. The first-order valence-electron chi connectivity index (χ1n) is 7.77. The summed E-state index contributed by atoms with van der Waals surface area (Å²) in [7, 11) is 0. The number of hydrogen-bond donors (Lipinski definition) is 1. The van der Waals surface area contributed by atoms with Crippen LogP contribution in [0.2, 0.25) is 0 Å². The van der Waals surface area contributed by atoms with Crippen LogP contribution in [-0.4, -0.2) is 59.9 Å². The Morgan fingerprint density at radius 2 is 2.05 bits per heavy atom. The van der Waals surface area contributed by atoms with E-state index in [1.165, 1.54) is 0 Å². The fourth-order valence-electron chi connectivity index (χ4n) is 3.17. The fourth-order valence-corrected chi connectivity index (χ4v) is 3.17. The second-order valence-corrected chi connectivity index (χ2v) is 6.44. The van der Waals surface area contributed by atoms with Crippen molar-refractivity contribution < 1.29 is 9.59 Å². The van der Waals surface area contributed by atoms with Crippen molar-refractivity contribution in [3.8, 4) is 0 Å². The monoisotopic (exact) mass is 281 g/mol. The highest BCUT2D eigenvalue weighted by Gasteiger charge is 2.40. The summed E-state index contributed by atoms with van der Waals surface area (Å²) in [5.41, 5.74) is 0. The molecule has 0 aromatic heterocycles. The third kappa shape index (κ3) is 2.97. The van der Waals surface area contributed by atoms with Crippen LogP contribution in [0, 0.1) is 11.8 Å². The molecule has 5 heteroatoms. The zero-order valence-electron chi connectivity index (χ0n) is 13.1. The molecule has 2 amide bonds. The van der Waals surface area contributed by atoms with Crippen molar-refractivity contribution in [2.45, 2.75) is 46.2 Å². The predicted molar refractivity (Wildman–Crippen MR) is 78.2 cm³/mol. The second-order valence-electron chi connectivity index (χ2n) is 6.44. The van der Waals surface area contributed by atoms with Crippen LogP contribution in [0.15, 0.2) is 0 Å². The summed E-state index contributed by atoms with van der Waals surface area (Å²) in [5, 5.41) is 2.85. The summed E-state index contributed by atoms with van der Waals surface area (Å²) in [5.74, 6) is 0.702. The maximum atomic E-state index is 12.6. The molecule has 2 fully saturated rings. The number of carbonyl (C=O) groups is 2. The number of nitrogens with zero attached hydrogens (tertiary/aromatic N) is 2. The van der Waals surface area contributed by atoms with E-state index in [9.17, 15) is 9.59 Å². The lowest BCUT2D eigenvalue weighted by molar-refractivity contribution is -0.150. The fraction of sp³-hybridized carbons (Fsp3) is 0.867. The third-order valence-electron chi connectivity index (χ3n) is 4.63. The molecule has 5 nitrogen and oxygen atoms in total. The lowest BCUT2D eigenvalue weighted by atomic mass is 9.97. The van der Waals surface area contributed by atoms with Gasteiger partial charge in [0.15, 0.2) is 0 Å². The number of piperazine rings is 1. The van der Waals surface area contributed by atoms with Gasteiger partial charge >= 0.3 is 0 Å². The quantitative estimate of drug-likeness (QED) is 0.825. The molecule has 3 unspecified atom stereocenters. The first kappa shape index (κ1) is 15.3. The number of nitrogens with one attached hydrogen (secondary N) is 1. The largest absolute Gasteiger partial charge is 0.342 e. The van der Waals surface area contributed by atoms with Gasteiger partial charge in [-0.2, -0.15) is 0 Å². The van der Waals surface area contributed by atoms with Crippen LogP contribution in [-0.2, 0) is 9.59 Å². The molecular weight excluding hydrogens is 254 g/mol. The predicted octanol–water partition coefficient (Wildman–Crippen LogP) is 0.700. The number of amides is 2. The first-order chi connectivity index (χ1) is 9.43. The molecular formula is C15H27N3O2. The third-order valence-corrected chi connectivity index (χ3v) is 4.63. The summed E-state index contributed by atoms with van der Waals surface area (Å²) < 4.78 is 0. The Bertz CT molecular complexity index is 383. The van der Waals surface area contributed by atoms with Gasteiger partial charge in [0.25, 0.3) is 0 Å². The minimum atomic E-state index is -0.359. The first-order valence-corrected chi connectivity index (χ1v) is 7.77. The molecule has 0 aliphatic carbocycles. The Hall–Kier alpha value is -1.10. The molecule has 0 bridgehead atoms. The number of hydrogen-bond acceptors (Lipinski definition) is 3. The van der Waals surface area contributed by atoms with E-state index in [-0.39, 0.29) is 29.8 Å². The zero-order chi connectivity index (χ0) is 14.9. The normalized spacial score (nSPS) is 32.0. The van der Waals surface area contributed by atoms with E-state index in [1.54, 1.807) is 4.90 Å². The Morgan fingerprint density at radius 1 is 1.35 bits per heavy atom. The molecule has 2 rings (SSSR count). The Morgan fingerprint density at radius 3 is 2.60 bits per heavy atom. The van der Waals surface area contributed by atoms with Gasteiger partial charge in [-0.3, -0.25) is 9.59 Å². The van der Waals surface area contributed by atoms with Crippen LogP contribution in [0.5, 0.6) is 0 Å². The van der Waals surface area contributed by atoms with E-state index in [0.717, 1.165) is 26.1 Å². The summed E-state index contributed by atoms with van der Waals surface area (Å²) in [6.07, 6.45) is 1.12. The van der Waals surface area contributed by atoms with Gasteiger partial charge in [-0.1, -0.05) is 20.8 Å². The van der Waals surface area contributed by atoms with E-state index in [1.807, 2.05) is 20.8 Å². The van der Waals surface area contributed by atoms with E-state index in [0.29, 0.717) is 12.5 Å². The molecule has 20 heavy (non-hydrogen) atoms. The Labute approximate surface area is 121 Å². The molecule has 2 aliphatic rings. The SMILES string of the molecule is CCN1CCC(CN2C(=O)C(C(C)C)NC(=O)C2C)C1. The highest BCUT2D eigenvalue weighted by molar-refractivity contribution is 5.96. The highest BCUT2D eigenvalue weighted by atomic mass is 16.2. The minimum absolute atomic E-state index is 0.0198. The Kier molecular flexibility index (Phi) is 4.68. The lowest BCUT2D eigenvalue weighted by Gasteiger charge is -2.40. The van der Waals surface area contributed by atoms with Gasteiger partial charge in [0.1, 0.15) is 12.1 Å². The van der Waals surface area contributed by atoms with Crippen LogP contribution in [0.4, 0.5) is 0 Å². The van der Waals surface area contributed by atoms with Crippen LogP contribution >= 0.6 is 0 Å². The van der Waals surface area contributed by atoms with Crippen LogP contribution in [0.3, 0.4) is 0 Å². The lowest BCUT2D eigenvalue weighted by Crippen LogP contribution is -2.64. The van der Waals surface area contributed by atoms with Gasteiger partial charge in [0, 0.05) is 13.1 Å². The van der Waals surface area contributed by atoms with Gasteiger partial charge in [0.05, 0.1) is 0 Å². The van der Waals surface area contributed by atoms with E-state index in [2.05, 4.69) is 17.1 Å². The van der Waals surface area contributed by atoms with Crippen molar-refractivity contribution in [3.05, 3.63) is 0 Å². The van der Waals surface area contributed by atoms with E-state index >= 15 is 0 Å². The van der Waals surface area contributed by atoms with Gasteiger partial charge in [0.2, 0.25) is 11.8 Å². The minimum Gasteiger partial charge on any atom is -0.342 e. The molecule has 2 aliphatic heterocycles. The maximum Gasteiger partial charge on any atom is 0.246 e. The van der Waals surface area contributed by atoms with Crippen LogP contribution < -0.4 is 5.32 Å². The molecule has 3 atom stereocenters. The van der Waals surface area contributed by atoms with Crippen molar-refractivity contribution in [1.29, 1.82) is 0 Å². The second kappa shape index (κ2) is 6.12. The topological polar surface area (TPSA) is 52.6 Å². The molecule has 0 aromatic carbocycles. The van der Waals surface area contributed by atoms with Gasteiger partial charge in [-0.05, 0) is 38.3 Å². The van der Waals surface area contributed by atoms with Crippen molar-refractivity contribution in [2.75, 3.05) is 26.2 Å². The number of likely N-dealkylation sites (tertiary alicyclic amines) is 1. The highest BCUT2D eigenvalue weighted by Crippen LogP contribution is 2.22. The zero-order valence-corrected chi connectivity index (χ0v) is 13.1. The molecule has 0 radical (unpaired) electrons. The summed E-state index contributed by atoms with van der Waals surface area (Å²) in [6, 6.07) is -0.699. The average molecular weight is 281 g/mol. The van der Waals surface area contributed by atoms with Gasteiger partial charge < -0.3 is 15.1 Å². The maximum absolute atomic E-state index is 12.6. The van der Waals surface area contributed by atoms with Gasteiger partial charge in [-0.25, -0.2) is 0 Å². The van der Waals surface area contributed by atoms with Crippen LogP contribution in [0.1, 0.15) is 34.1 Å². The van der Waals surface area contributed by atoms with E-state index < -0.39 is 0 Å². The molecule has 1 N–H and O–H groups in total. The van der Waals surface area contributed by atoms with Crippen molar-refractivity contribution >= 4 is 11.8 Å². The standard InChI is InChI=1S/C15H27N3O2/c1-5-17-7-6-12(8-17)9-18-11(4)14(19)16-13(10(2)3)15(18)20/h10-13H,5-9H2,1-4H3,(H,16,19). The number of rotatable bonds is 4. The Balaban J connectivity index is 2.04. The summed E-state index contributed by atoms with van der Waals surface area (Å²) >= 11 is 0. The molecule has 0 aromatic rings. The van der Waals surface area contributed by atoms with Crippen molar-refractivity contribution in [1.82, 2.24) is 15.1 Å². The molecule has 114 valence electrons. The van der Waals surface area contributed by atoms with E-state index in [4.69, 9.17) is 0 Å². The molecule has 0 saturated carbocycles. The van der Waals surface area contributed by atoms with Crippen LogP contribution in [0.25, 0.3) is 0 Å². The molecule has 2 heterocycles.